The maximum Gasteiger partial charge on any atom is 0.159 e. The molecule has 0 bridgehead atoms. The Bertz CT molecular complexity index is 351. The molecule has 94 valence electrons. The summed E-state index contributed by atoms with van der Waals surface area (Å²) in [5.74, 6) is 0. The van der Waals surface area contributed by atoms with Crippen LogP contribution in [0, 0.1) is 6.92 Å². The fourth-order valence-electron chi connectivity index (χ4n) is 2.09. The molecule has 4 nitrogen and oxygen atoms in total. The Labute approximate surface area is 102 Å². The molecular weight excluding hydrogens is 216 g/mol. The molecule has 1 aliphatic heterocycles. The molecular formula is C13H20N2O2. The third-order valence-corrected chi connectivity index (χ3v) is 2.87. The first kappa shape index (κ1) is 12.5. The summed E-state index contributed by atoms with van der Waals surface area (Å²) in [5, 5.41) is 3.45. The van der Waals surface area contributed by atoms with Crippen LogP contribution in [0.5, 0.6) is 0 Å². The Morgan fingerprint density at radius 2 is 2.18 bits per heavy atom. The van der Waals surface area contributed by atoms with E-state index in [1.165, 1.54) is 11.1 Å². The minimum atomic E-state index is -0.0837. The molecule has 1 aliphatic rings. The minimum absolute atomic E-state index is 0.0837. The molecule has 0 amide bonds. The highest BCUT2D eigenvalue weighted by atomic mass is 16.7. The smallest absolute Gasteiger partial charge is 0.159 e. The maximum absolute atomic E-state index is 5.50. The van der Waals surface area contributed by atoms with E-state index in [2.05, 4.69) is 30.2 Å². The third-order valence-electron chi connectivity index (χ3n) is 2.87. The Balaban J connectivity index is 2.04. The lowest BCUT2D eigenvalue weighted by Crippen LogP contribution is -2.26. The van der Waals surface area contributed by atoms with Gasteiger partial charge in [-0.3, -0.25) is 4.98 Å². The highest BCUT2D eigenvalue weighted by Gasteiger charge is 2.22. The molecule has 1 aromatic rings. The first-order valence-corrected chi connectivity index (χ1v) is 6.17. The Kier molecular flexibility index (Phi) is 4.48. The van der Waals surface area contributed by atoms with Crippen molar-refractivity contribution in [1.82, 2.24) is 10.3 Å². The quantitative estimate of drug-likeness (QED) is 0.846. The molecule has 1 saturated heterocycles. The van der Waals surface area contributed by atoms with Crippen LogP contribution in [-0.4, -0.2) is 31.0 Å². The number of hydrogen-bond donors (Lipinski definition) is 1. The molecule has 0 aliphatic carbocycles. The third kappa shape index (κ3) is 3.49. The molecule has 1 N–H and O–H groups in total. The molecule has 2 heterocycles. The number of hydrogen-bond acceptors (Lipinski definition) is 4. The van der Waals surface area contributed by atoms with Crippen molar-refractivity contribution in [2.45, 2.75) is 32.6 Å². The largest absolute Gasteiger partial charge is 0.350 e. The van der Waals surface area contributed by atoms with Gasteiger partial charge in [-0.2, -0.15) is 0 Å². The van der Waals surface area contributed by atoms with E-state index in [0.29, 0.717) is 13.2 Å². The van der Waals surface area contributed by atoms with Crippen LogP contribution < -0.4 is 5.32 Å². The van der Waals surface area contributed by atoms with Crippen LogP contribution >= 0.6 is 0 Å². The Morgan fingerprint density at radius 3 is 2.82 bits per heavy atom. The number of rotatable bonds is 5. The molecule has 0 radical (unpaired) electrons. The molecule has 17 heavy (non-hydrogen) atoms. The molecule has 0 aromatic carbocycles. The van der Waals surface area contributed by atoms with Gasteiger partial charge in [0.15, 0.2) is 6.29 Å². The van der Waals surface area contributed by atoms with Crippen molar-refractivity contribution in [3.8, 4) is 0 Å². The first-order chi connectivity index (χ1) is 8.29. The number of aryl methyl sites for hydroxylation is 1. The summed E-state index contributed by atoms with van der Waals surface area (Å²) in [5.41, 5.74) is 2.38. The topological polar surface area (TPSA) is 43.4 Å². The normalized spacial score (nSPS) is 18.5. The SMILES string of the molecule is CCNC(CC1OCCO1)c1cncc(C)c1. The second-order valence-corrected chi connectivity index (χ2v) is 4.31. The fourth-order valence-corrected chi connectivity index (χ4v) is 2.09. The van der Waals surface area contributed by atoms with Crippen LogP contribution in [0.3, 0.4) is 0 Å². The zero-order chi connectivity index (χ0) is 12.1. The van der Waals surface area contributed by atoms with Crippen LogP contribution in [0.1, 0.15) is 30.5 Å². The van der Waals surface area contributed by atoms with E-state index in [-0.39, 0.29) is 12.3 Å². The number of nitrogens with one attached hydrogen (secondary N) is 1. The van der Waals surface area contributed by atoms with Crippen LogP contribution in [0.25, 0.3) is 0 Å². The van der Waals surface area contributed by atoms with E-state index in [1.807, 2.05) is 12.4 Å². The van der Waals surface area contributed by atoms with Crippen molar-refractivity contribution >= 4 is 0 Å². The lowest BCUT2D eigenvalue weighted by Gasteiger charge is -2.21. The summed E-state index contributed by atoms with van der Waals surface area (Å²) in [7, 11) is 0. The summed E-state index contributed by atoms with van der Waals surface area (Å²) in [6.45, 7) is 6.49. The van der Waals surface area contributed by atoms with Gasteiger partial charge >= 0.3 is 0 Å². The monoisotopic (exact) mass is 236 g/mol. The van der Waals surface area contributed by atoms with Crippen molar-refractivity contribution in [2.24, 2.45) is 0 Å². The van der Waals surface area contributed by atoms with Gasteiger partial charge in [0, 0.05) is 24.9 Å². The summed E-state index contributed by atoms with van der Waals surface area (Å²) >= 11 is 0. The van der Waals surface area contributed by atoms with E-state index >= 15 is 0 Å². The van der Waals surface area contributed by atoms with Gasteiger partial charge in [-0.25, -0.2) is 0 Å². The highest BCUT2D eigenvalue weighted by Crippen LogP contribution is 2.22. The lowest BCUT2D eigenvalue weighted by molar-refractivity contribution is -0.0529. The van der Waals surface area contributed by atoms with E-state index < -0.39 is 0 Å². The summed E-state index contributed by atoms with van der Waals surface area (Å²) < 4.78 is 11.0. The minimum Gasteiger partial charge on any atom is -0.350 e. The predicted molar refractivity (Wildman–Crippen MR) is 65.7 cm³/mol. The van der Waals surface area contributed by atoms with Gasteiger partial charge in [-0.1, -0.05) is 13.0 Å². The Morgan fingerprint density at radius 1 is 1.41 bits per heavy atom. The van der Waals surface area contributed by atoms with Gasteiger partial charge in [0.2, 0.25) is 0 Å². The summed E-state index contributed by atoms with van der Waals surface area (Å²) in [4.78, 5) is 4.24. The van der Waals surface area contributed by atoms with Gasteiger partial charge in [0.25, 0.3) is 0 Å². The predicted octanol–water partition coefficient (Wildman–Crippen LogP) is 1.80. The molecule has 2 rings (SSSR count). The summed E-state index contributed by atoms with van der Waals surface area (Å²) in [6.07, 6.45) is 4.53. The average Bonchev–Trinajstić information content (AvgIpc) is 2.81. The molecule has 1 unspecified atom stereocenters. The van der Waals surface area contributed by atoms with E-state index in [4.69, 9.17) is 9.47 Å². The zero-order valence-electron chi connectivity index (χ0n) is 10.5. The molecule has 4 heteroatoms. The maximum atomic E-state index is 5.50. The van der Waals surface area contributed by atoms with E-state index in [9.17, 15) is 0 Å². The van der Waals surface area contributed by atoms with Crippen molar-refractivity contribution in [2.75, 3.05) is 19.8 Å². The molecule has 0 saturated carbocycles. The van der Waals surface area contributed by atoms with Gasteiger partial charge in [-0.15, -0.1) is 0 Å². The molecule has 1 aromatic heterocycles. The van der Waals surface area contributed by atoms with Gasteiger partial charge in [-0.05, 0) is 24.6 Å². The standard InChI is InChI=1S/C13H20N2O2/c1-3-15-12(7-13-16-4-5-17-13)11-6-10(2)8-14-9-11/h6,8-9,12-13,15H,3-5,7H2,1-2H3. The van der Waals surface area contributed by atoms with Gasteiger partial charge < -0.3 is 14.8 Å². The molecule has 1 fully saturated rings. The van der Waals surface area contributed by atoms with E-state index in [0.717, 1.165) is 13.0 Å². The van der Waals surface area contributed by atoms with Crippen LogP contribution in [-0.2, 0) is 9.47 Å². The molecule has 0 spiro atoms. The highest BCUT2D eigenvalue weighted by molar-refractivity contribution is 5.20. The number of nitrogens with zero attached hydrogens (tertiary/aromatic N) is 1. The van der Waals surface area contributed by atoms with Crippen molar-refractivity contribution < 1.29 is 9.47 Å². The molecule has 1 atom stereocenters. The lowest BCUT2D eigenvalue weighted by atomic mass is 10.0. The fraction of sp³-hybridized carbons (Fsp3) is 0.615. The van der Waals surface area contributed by atoms with Crippen LogP contribution in [0.2, 0.25) is 0 Å². The summed E-state index contributed by atoms with van der Waals surface area (Å²) in [6, 6.07) is 2.41. The van der Waals surface area contributed by atoms with Gasteiger partial charge in [0.05, 0.1) is 13.2 Å². The van der Waals surface area contributed by atoms with Crippen molar-refractivity contribution in [3.63, 3.8) is 0 Å². The number of ether oxygens (including phenoxy) is 2. The second kappa shape index (κ2) is 6.10. The average molecular weight is 236 g/mol. The van der Waals surface area contributed by atoms with Gasteiger partial charge in [0.1, 0.15) is 0 Å². The Hall–Kier alpha value is -0.970. The number of pyridine rings is 1. The first-order valence-electron chi connectivity index (χ1n) is 6.17. The van der Waals surface area contributed by atoms with Crippen LogP contribution in [0.15, 0.2) is 18.5 Å². The van der Waals surface area contributed by atoms with Crippen molar-refractivity contribution in [1.29, 1.82) is 0 Å². The zero-order valence-corrected chi connectivity index (χ0v) is 10.5. The second-order valence-electron chi connectivity index (χ2n) is 4.31. The van der Waals surface area contributed by atoms with Crippen LogP contribution in [0.4, 0.5) is 0 Å². The van der Waals surface area contributed by atoms with E-state index in [1.54, 1.807) is 0 Å². The van der Waals surface area contributed by atoms with Crippen molar-refractivity contribution in [3.05, 3.63) is 29.6 Å². The number of aromatic nitrogens is 1.